The minimum absolute atomic E-state index is 1.31. The molecule has 36 heavy (non-hydrogen) atoms. The molecule has 215 valence electrons. The van der Waals surface area contributed by atoms with E-state index in [1.54, 1.807) is 0 Å². The van der Waals surface area contributed by atoms with E-state index in [1.807, 2.05) is 0 Å². The van der Waals surface area contributed by atoms with Gasteiger partial charge in [0.1, 0.15) is 0 Å². The van der Waals surface area contributed by atoms with Crippen molar-refractivity contribution in [2.75, 3.05) is 0 Å². The summed E-state index contributed by atoms with van der Waals surface area (Å²) in [5, 5.41) is 0. The summed E-state index contributed by atoms with van der Waals surface area (Å²) < 4.78 is 0. The van der Waals surface area contributed by atoms with Gasteiger partial charge in [0.2, 0.25) is 0 Å². The summed E-state index contributed by atoms with van der Waals surface area (Å²) in [6.07, 6.45) is 51.9. The van der Waals surface area contributed by atoms with Gasteiger partial charge < -0.3 is 0 Å². The number of hydrogen-bond acceptors (Lipinski definition) is 0. The number of unbranched alkanes of at least 4 members (excludes halogenated alkanes) is 30. The average Bonchev–Trinajstić information content (AvgIpc) is 2.89. The zero-order valence-corrected chi connectivity index (χ0v) is 25.7. The highest BCUT2D eigenvalue weighted by Gasteiger charge is 1.96. The molecule has 0 aliphatic rings. The highest BCUT2D eigenvalue weighted by atomic mass is 14.0. The third-order valence-electron chi connectivity index (χ3n) is 7.93. The van der Waals surface area contributed by atoms with Crippen LogP contribution in [0.2, 0.25) is 0 Å². The molecular weight excluding hydrogens is 432 g/mol. The Morgan fingerprint density at radius 1 is 0.250 bits per heavy atom. The van der Waals surface area contributed by atoms with E-state index < -0.39 is 0 Å². The lowest BCUT2D eigenvalue weighted by atomic mass is 10.0. The first-order chi connectivity index (χ1) is 17.9. The topological polar surface area (TPSA) is 0 Å². The molecule has 0 saturated carbocycles. The Morgan fingerprint density at radius 2 is 0.472 bits per heavy atom. The molecule has 0 aromatic rings. The van der Waals surface area contributed by atoms with E-state index in [0.29, 0.717) is 0 Å². The minimum Gasteiger partial charge on any atom is -0.0885 e. The van der Waals surface area contributed by atoms with Gasteiger partial charge in [0.15, 0.2) is 0 Å². The second-order valence-electron chi connectivity index (χ2n) is 11.8. The number of allylic oxidation sites excluding steroid dienone is 2. The van der Waals surface area contributed by atoms with Crippen LogP contribution in [0.4, 0.5) is 0 Å². The average molecular weight is 504 g/mol. The zero-order chi connectivity index (χ0) is 26.0. The van der Waals surface area contributed by atoms with E-state index in [2.05, 4.69) is 32.4 Å². The summed E-state index contributed by atoms with van der Waals surface area (Å²) in [6, 6.07) is 0. The molecule has 0 spiro atoms. The van der Waals surface area contributed by atoms with Crippen molar-refractivity contribution in [1.82, 2.24) is 0 Å². The van der Waals surface area contributed by atoms with Crippen LogP contribution >= 0.6 is 0 Å². The fourth-order valence-corrected chi connectivity index (χ4v) is 5.34. The van der Waals surface area contributed by atoms with Gasteiger partial charge in [-0.3, -0.25) is 0 Å². The van der Waals surface area contributed by atoms with E-state index >= 15 is 0 Å². The first-order valence-electron chi connectivity index (χ1n) is 17.4. The van der Waals surface area contributed by atoms with E-state index in [4.69, 9.17) is 0 Å². The monoisotopic (exact) mass is 504 g/mol. The molecule has 0 aromatic carbocycles. The summed E-state index contributed by atoms with van der Waals surface area (Å²) in [7, 11) is 0. The zero-order valence-electron chi connectivity index (χ0n) is 25.7. The van der Waals surface area contributed by atoms with Gasteiger partial charge >= 0.3 is 0 Å². The number of rotatable bonds is 32. The van der Waals surface area contributed by atoms with Gasteiger partial charge in [-0.25, -0.2) is 0 Å². The lowest BCUT2D eigenvalue weighted by Crippen LogP contribution is -1.85. The largest absolute Gasteiger partial charge is 0.0885 e. The van der Waals surface area contributed by atoms with Gasteiger partial charge in [-0.2, -0.15) is 0 Å². The third-order valence-corrected chi connectivity index (χ3v) is 7.93. The molecule has 0 bridgehead atoms. The molecule has 0 amide bonds. The molecule has 0 nitrogen and oxygen atoms in total. The molecule has 0 rings (SSSR count). The number of hydrogen-bond donors (Lipinski definition) is 0. The van der Waals surface area contributed by atoms with Crippen LogP contribution in [0, 0.1) is 6.42 Å². The van der Waals surface area contributed by atoms with Crippen molar-refractivity contribution < 1.29 is 0 Å². The van der Waals surface area contributed by atoms with E-state index in [1.165, 1.54) is 199 Å². The van der Waals surface area contributed by atoms with Crippen molar-refractivity contribution in [1.29, 1.82) is 0 Å². The normalized spacial score (nSPS) is 11.7. The van der Waals surface area contributed by atoms with E-state index in [9.17, 15) is 0 Å². The predicted molar refractivity (Wildman–Crippen MR) is 168 cm³/mol. The summed E-state index contributed by atoms with van der Waals surface area (Å²) in [5.74, 6) is 0. The molecule has 0 aromatic heterocycles. The standard InChI is InChI=1S/C36H71/c1-3-5-7-9-11-13-15-17-19-21-23-25-27-29-31-33-35-36-34-32-30-28-26-24-22-20-18-16-14-12-10-8-6-4-2/h17,19,28H,3-16,18,20-27,29-36H2,1-2H3/b19-17-. The second-order valence-corrected chi connectivity index (χ2v) is 11.8. The summed E-state index contributed by atoms with van der Waals surface area (Å²) >= 11 is 0. The highest BCUT2D eigenvalue weighted by molar-refractivity contribution is 4.81. The molecule has 1 radical (unpaired) electrons. The Balaban J connectivity index is 3.05. The van der Waals surface area contributed by atoms with Crippen molar-refractivity contribution in [3.8, 4) is 0 Å². The summed E-state index contributed by atoms with van der Waals surface area (Å²) in [6.45, 7) is 4.60. The fraction of sp³-hybridized carbons (Fsp3) is 0.917. The predicted octanol–water partition coefficient (Wildman–Crippen LogP) is 13.9. The van der Waals surface area contributed by atoms with E-state index in [0.717, 1.165) is 0 Å². The van der Waals surface area contributed by atoms with Gasteiger partial charge in [-0.1, -0.05) is 199 Å². The first kappa shape index (κ1) is 35.7. The summed E-state index contributed by atoms with van der Waals surface area (Å²) in [5.41, 5.74) is 0. The Morgan fingerprint density at radius 3 is 0.750 bits per heavy atom. The first-order valence-corrected chi connectivity index (χ1v) is 17.4. The van der Waals surface area contributed by atoms with Gasteiger partial charge in [-0.05, 0) is 32.1 Å². The summed E-state index contributed by atoms with van der Waals surface area (Å²) in [4.78, 5) is 0. The molecule has 0 atom stereocenters. The SMILES string of the molecule is CCCCCCCC/C=C\CCCCCCCCCCCC[CH]CCCCCCCCCCCCC. The van der Waals surface area contributed by atoms with Crippen LogP contribution in [0.5, 0.6) is 0 Å². The molecular formula is C36H71. The van der Waals surface area contributed by atoms with E-state index in [-0.39, 0.29) is 0 Å². The van der Waals surface area contributed by atoms with Gasteiger partial charge in [0.05, 0.1) is 0 Å². The van der Waals surface area contributed by atoms with Crippen LogP contribution in [-0.2, 0) is 0 Å². The van der Waals surface area contributed by atoms with Crippen LogP contribution in [0.15, 0.2) is 12.2 Å². The van der Waals surface area contributed by atoms with Crippen LogP contribution in [0.1, 0.15) is 213 Å². The molecule has 0 unspecified atom stereocenters. The second kappa shape index (κ2) is 34.7. The molecule has 0 aliphatic carbocycles. The van der Waals surface area contributed by atoms with Crippen LogP contribution in [0.25, 0.3) is 0 Å². The Labute approximate surface area is 231 Å². The van der Waals surface area contributed by atoms with Crippen LogP contribution in [-0.4, -0.2) is 0 Å². The van der Waals surface area contributed by atoms with Gasteiger partial charge in [0, 0.05) is 0 Å². The molecule has 0 fully saturated rings. The molecule has 0 N–H and O–H groups in total. The highest BCUT2D eigenvalue weighted by Crippen LogP contribution is 2.15. The quantitative estimate of drug-likeness (QED) is 0.0632. The fourth-order valence-electron chi connectivity index (χ4n) is 5.34. The Bertz CT molecular complexity index is 381. The van der Waals surface area contributed by atoms with Crippen molar-refractivity contribution in [2.24, 2.45) is 0 Å². The smallest absolute Gasteiger partial charge is 0.0351 e. The Hall–Kier alpha value is -0.260. The van der Waals surface area contributed by atoms with Gasteiger partial charge in [0.25, 0.3) is 0 Å². The molecule has 0 saturated heterocycles. The van der Waals surface area contributed by atoms with Crippen molar-refractivity contribution in [3.05, 3.63) is 18.6 Å². The van der Waals surface area contributed by atoms with Crippen molar-refractivity contribution in [2.45, 2.75) is 213 Å². The maximum atomic E-state index is 2.58. The van der Waals surface area contributed by atoms with Crippen molar-refractivity contribution in [3.63, 3.8) is 0 Å². The maximum Gasteiger partial charge on any atom is -0.0351 e. The third kappa shape index (κ3) is 33.7. The molecule has 0 heteroatoms. The molecule has 0 aliphatic heterocycles. The van der Waals surface area contributed by atoms with Gasteiger partial charge in [-0.15, -0.1) is 0 Å². The lowest BCUT2D eigenvalue weighted by Gasteiger charge is -2.04. The minimum atomic E-state index is 1.31. The van der Waals surface area contributed by atoms with Crippen LogP contribution < -0.4 is 0 Å². The molecule has 0 heterocycles. The Kier molecular flexibility index (Phi) is 34.5. The lowest BCUT2D eigenvalue weighted by molar-refractivity contribution is 0.541. The van der Waals surface area contributed by atoms with Crippen LogP contribution in [0.3, 0.4) is 0 Å². The maximum absolute atomic E-state index is 2.58. The van der Waals surface area contributed by atoms with Crippen molar-refractivity contribution >= 4 is 0 Å².